The molecule has 0 spiro atoms. The van der Waals surface area contributed by atoms with Gasteiger partial charge in [-0.3, -0.25) is 9.59 Å². The number of allylic oxidation sites excluding steroid dienone is 1. The molecule has 1 amide bonds. The standard InChI is InChI=1S/C25H32ClNO4/c1-7-31-23(29)11-13-27-16-20(17(2)3)25(6,15-22(27)28)19-9-8-18(21(26)14-19)10-12-24(4,5)30/h8-9,14,16-17,30H,7,11,13,15H2,1-6H3/t25-/m0/s1. The predicted octanol–water partition coefficient (Wildman–Crippen LogP) is 4.45. The molecule has 0 unspecified atom stereocenters. The van der Waals surface area contributed by atoms with E-state index in [2.05, 4.69) is 25.7 Å². The zero-order chi connectivity index (χ0) is 23.4. The summed E-state index contributed by atoms with van der Waals surface area (Å²) in [6.45, 7) is 11.9. The van der Waals surface area contributed by atoms with Crippen molar-refractivity contribution in [3.05, 3.63) is 46.1 Å². The van der Waals surface area contributed by atoms with Crippen LogP contribution in [0.5, 0.6) is 0 Å². The minimum absolute atomic E-state index is 0.0433. The van der Waals surface area contributed by atoms with E-state index < -0.39 is 11.0 Å². The third-order valence-electron chi connectivity index (χ3n) is 5.35. The zero-order valence-electron chi connectivity index (χ0n) is 19.2. The van der Waals surface area contributed by atoms with Crippen LogP contribution in [0.25, 0.3) is 0 Å². The molecule has 1 atom stereocenters. The summed E-state index contributed by atoms with van der Waals surface area (Å²) < 4.78 is 4.98. The first-order chi connectivity index (χ1) is 14.4. The lowest BCUT2D eigenvalue weighted by Crippen LogP contribution is -2.42. The maximum atomic E-state index is 12.9. The van der Waals surface area contributed by atoms with E-state index in [4.69, 9.17) is 16.3 Å². The fraction of sp³-hybridized carbons (Fsp3) is 0.520. The average Bonchev–Trinajstić information content (AvgIpc) is 2.65. The predicted molar refractivity (Wildman–Crippen MR) is 122 cm³/mol. The first-order valence-corrected chi connectivity index (χ1v) is 11.0. The van der Waals surface area contributed by atoms with Crippen LogP contribution in [0, 0.1) is 17.8 Å². The summed E-state index contributed by atoms with van der Waals surface area (Å²) in [6.07, 6.45) is 2.33. The molecule has 1 aliphatic heterocycles. The van der Waals surface area contributed by atoms with Gasteiger partial charge in [-0.2, -0.15) is 0 Å². The van der Waals surface area contributed by atoms with E-state index in [1.54, 1.807) is 25.7 Å². The van der Waals surface area contributed by atoms with Gasteiger partial charge in [0.2, 0.25) is 5.91 Å². The summed E-state index contributed by atoms with van der Waals surface area (Å²) in [4.78, 5) is 26.3. The summed E-state index contributed by atoms with van der Waals surface area (Å²) in [7, 11) is 0. The van der Waals surface area contributed by atoms with E-state index in [1.807, 2.05) is 31.3 Å². The molecule has 31 heavy (non-hydrogen) atoms. The van der Waals surface area contributed by atoms with Gasteiger partial charge in [0.25, 0.3) is 0 Å². The van der Waals surface area contributed by atoms with Gasteiger partial charge in [0.05, 0.1) is 18.1 Å². The molecular weight excluding hydrogens is 414 g/mol. The minimum Gasteiger partial charge on any atom is -0.466 e. The lowest BCUT2D eigenvalue weighted by molar-refractivity contribution is -0.143. The second-order valence-corrected chi connectivity index (χ2v) is 9.30. The molecule has 0 radical (unpaired) electrons. The van der Waals surface area contributed by atoms with Gasteiger partial charge < -0.3 is 14.7 Å². The van der Waals surface area contributed by atoms with E-state index in [-0.39, 0.29) is 30.6 Å². The van der Waals surface area contributed by atoms with E-state index in [1.165, 1.54) is 0 Å². The number of carbonyl (C=O) groups excluding carboxylic acids is 2. The number of benzene rings is 1. The lowest BCUT2D eigenvalue weighted by atomic mass is 9.68. The van der Waals surface area contributed by atoms with Gasteiger partial charge in [0, 0.05) is 30.1 Å². The van der Waals surface area contributed by atoms with Crippen molar-refractivity contribution >= 4 is 23.5 Å². The fourth-order valence-corrected chi connectivity index (χ4v) is 3.99. The van der Waals surface area contributed by atoms with Gasteiger partial charge in [0.15, 0.2) is 0 Å². The molecule has 1 N–H and O–H groups in total. The SMILES string of the molecule is CCOC(=O)CCN1C=C(C(C)C)[C@](C)(c2ccc(C#CC(C)(C)O)c(Cl)c2)CC1=O. The smallest absolute Gasteiger partial charge is 0.307 e. The average molecular weight is 446 g/mol. The number of hydrogen-bond acceptors (Lipinski definition) is 4. The third kappa shape index (κ3) is 6.35. The van der Waals surface area contributed by atoms with Crippen LogP contribution in [0.15, 0.2) is 30.0 Å². The van der Waals surface area contributed by atoms with Crippen LogP contribution in [-0.2, 0) is 19.7 Å². The van der Waals surface area contributed by atoms with Crippen LogP contribution >= 0.6 is 11.6 Å². The molecule has 6 heteroatoms. The number of carbonyl (C=O) groups is 2. The second kappa shape index (κ2) is 9.89. The Morgan fingerprint density at radius 1 is 1.39 bits per heavy atom. The lowest BCUT2D eigenvalue weighted by Gasteiger charge is -2.41. The quantitative estimate of drug-likeness (QED) is 0.519. The van der Waals surface area contributed by atoms with Gasteiger partial charge >= 0.3 is 5.97 Å². The fourth-order valence-electron chi connectivity index (χ4n) is 3.76. The number of rotatable bonds is 6. The number of esters is 1. The monoisotopic (exact) mass is 445 g/mol. The van der Waals surface area contributed by atoms with Crippen LogP contribution < -0.4 is 0 Å². The first-order valence-electron chi connectivity index (χ1n) is 10.6. The number of halogens is 1. The van der Waals surface area contributed by atoms with Gasteiger partial charge in [-0.25, -0.2) is 0 Å². The van der Waals surface area contributed by atoms with Crippen molar-refractivity contribution in [1.82, 2.24) is 4.90 Å². The van der Waals surface area contributed by atoms with Crippen molar-refractivity contribution in [1.29, 1.82) is 0 Å². The Balaban J connectivity index is 2.37. The van der Waals surface area contributed by atoms with Crippen molar-refractivity contribution in [2.45, 2.75) is 65.4 Å². The van der Waals surface area contributed by atoms with Crippen molar-refractivity contribution in [2.24, 2.45) is 5.92 Å². The molecule has 0 bridgehead atoms. The summed E-state index contributed by atoms with van der Waals surface area (Å²) in [5.41, 5.74) is 1.04. The maximum absolute atomic E-state index is 12.9. The van der Waals surface area contributed by atoms with Crippen LogP contribution in [0.2, 0.25) is 5.02 Å². The van der Waals surface area contributed by atoms with Gasteiger partial charge in [-0.1, -0.05) is 50.3 Å². The summed E-state index contributed by atoms with van der Waals surface area (Å²) in [6, 6.07) is 5.63. The third-order valence-corrected chi connectivity index (χ3v) is 5.66. The van der Waals surface area contributed by atoms with Crippen LogP contribution in [-0.4, -0.2) is 40.6 Å². The van der Waals surface area contributed by atoms with Crippen LogP contribution in [0.1, 0.15) is 65.5 Å². The Kier molecular flexibility index (Phi) is 7.97. The molecule has 1 aromatic rings. The molecule has 1 aromatic carbocycles. The highest BCUT2D eigenvalue weighted by Crippen LogP contribution is 2.43. The second-order valence-electron chi connectivity index (χ2n) is 8.89. The largest absolute Gasteiger partial charge is 0.466 e. The topological polar surface area (TPSA) is 66.8 Å². The van der Waals surface area contributed by atoms with E-state index in [0.29, 0.717) is 23.7 Å². The highest BCUT2D eigenvalue weighted by atomic mass is 35.5. The Hall–Kier alpha value is -2.29. The Morgan fingerprint density at radius 2 is 2.06 bits per heavy atom. The molecule has 2 rings (SSSR count). The van der Waals surface area contributed by atoms with Crippen molar-refractivity contribution in [3.63, 3.8) is 0 Å². The molecule has 1 heterocycles. The molecule has 0 fully saturated rings. The Morgan fingerprint density at radius 3 is 2.61 bits per heavy atom. The Bertz CT molecular complexity index is 933. The number of aliphatic hydroxyl groups is 1. The van der Waals surface area contributed by atoms with E-state index >= 15 is 0 Å². The summed E-state index contributed by atoms with van der Waals surface area (Å²) >= 11 is 6.50. The molecule has 1 aliphatic rings. The van der Waals surface area contributed by atoms with E-state index in [9.17, 15) is 14.7 Å². The van der Waals surface area contributed by atoms with Crippen LogP contribution in [0.3, 0.4) is 0 Å². The van der Waals surface area contributed by atoms with Gasteiger partial charge in [-0.15, -0.1) is 0 Å². The molecule has 0 aromatic heterocycles. The molecule has 0 saturated heterocycles. The first kappa shape index (κ1) is 25.0. The number of hydrogen-bond donors (Lipinski definition) is 1. The molecule has 5 nitrogen and oxygen atoms in total. The normalized spacial score (nSPS) is 19.1. The minimum atomic E-state index is -1.11. The van der Waals surface area contributed by atoms with Gasteiger partial charge in [0.1, 0.15) is 5.60 Å². The summed E-state index contributed by atoms with van der Waals surface area (Å²) in [5, 5.41) is 10.3. The molecule has 0 aliphatic carbocycles. The maximum Gasteiger partial charge on any atom is 0.307 e. The van der Waals surface area contributed by atoms with Crippen molar-refractivity contribution in [3.8, 4) is 11.8 Å². The number of nitrogens with zero attached hydrogens (tertiary/aromatic N) is 1. The van der Waals surface area contributed by atoms with Gasteiger partial charge in [-0.05, 0) is 50.0 Å². The summed E-state index contributed by atoms with van der Waals surface area (Å²) in [5.74, 6) is 5.53. The van der Waals surface area contributed by atoms with Crippen molar-refractivity contribution < 1.29 is 19.4 Å². The highest BCUT2D eigenvalue weighted by molar-refractivity contribution is 6.31. The number of ether oxygens (including phenoxy) is 1. The highest BCUT2D eigenvalue weighted by Gasteiger charge is 2.40. The molecular formula is C25H32ClNO4. The molecule has 168 valence electrons. The molecule has 0 saturated carbocycles. The van der Waals surface area contributed by atoms with Crippen molar-refractivity contribution in [2.75, 3.05) is 13.2 Å². The van der Waals surface area contributed by atoms with E-state index in [0.717, 1.165) is 11.1 Å². The van der Waals surface area contributed by atoms with Crippen LogP contribution in [0.4, 0.5) is 0 Å². The Labute approximate surface area is 190 Å². The number of amides is 1. The zero-order valence-corrected chi connectivity index (χ0v) is 20.0.